The van der Waals surface area contributed by atoms with Crippen molar-refractivity contribution in [2.24, 2.45) is 0 Å². The van der Waals surface area contributed by atoms with Crippen LogP contribution in [0.15, 0.2) is 55.6 Å². The third-order valence-corrected chi connectivity index (χ3v) is 3.00. The molecule has 0 amide bonds. The number of rotatable bonds is 6. The highest BCUT2D eigenvalue weighted by atomic mass is 32.1. The van der Waals surface area contributed by atoms with Crippen LogP contribution in [0.1, 0.15) is 18.5 Å². The largest absolute Gasteiger partial charge is 0.356 e. The summed E-state index contributed by atoms with van der Waals surface area (Å²) in [4.78, 5) is 2.02. The molecule has 0 bridgehead atoms. The Morgan fingerprint density at radius 1 is 1.28 bits per heavy atom. The minimum absolute atomic E-state index is 0.191. The van der Waals surface area contributed by atoms with Crippen LogP contribution in [0.4, 0.5) is 0 Å². The van der Waals surface area contributed by atoms with Gasteiger partial charge in [-0.15, -0.1) is 13.2 Å². The Morgan fingerprint density at radius 3 is 2.33 bits per heavy atom. The minimum atomic E-state index is 0.191. The summed E-state index contributed by atoms with van der Waals surface area (Å²) in [6.07, 6.45) is 3.68. The van der Waals surface area contributed by atoms with E-state index in [1.165, 1.54) is 5.56 Å². The smallest absolute Gasteiger partial charge is 0.169 e. The van der Waals surface area contributed by atoms with Crippen molar-refractivity contribution in [2.75, 3.05) is 13.1 Å². The van der Waals surface area contributed by atoms with Crippen molar-refractivity contribution >= 4 is 17.3 Å². The Labute approximate surface area is 115 Å². The summed E-state index contributed by atoms with van der Waals surface area (Å²) < 4.78 is 0. The molecular formula is C15H20N2S. The number of hydrogen-bond donors (Lipinski definition) is 1. The second-order valence-electron chi connectivity index (χ2n) is 4.06. The lowest BCUT2D eigenvalue weighted by Crippen LogP contribution is -2.40. The predicted molar refractivity (Wildman–Crippen MR) is 82.6 cm³/mol. The molecule has 0 aliphatic heterocycles. The van der Waals surface area contributed by atoms with E-state index in [1.807, 2.05) is 35.3 Å². The number of nitrogens with one attached hydrogen (secondary N) is 1. The predicted octanol–water partition coefficient (Wildman–Crippen LogP) is 3.30. The molecule has 0 spiro atoms. The van der Waals surface area contributed by atoms with Gasteiger partial charge < -0.3 is 10.2 Å². The van der Waals surface area contributed by atoms with Crippen molar-refractivity contribution in [2.45, 2.75) is 13.0 Å². The third kappa shape index (κ3) is 4.34. The molecule has 0 aliphatic rings. The molecule has 1 aromatic rings. The molecular weight excluding hydrogens is 240 g/mol. The average molecular weight is 260 g/mol. The van der Waals surface area contributed by atoms with E-state index in [2.05, 4.69) is 37.5 Å². The van der Waals surface area contributed by atoms with Crippen molar-refractivity contribution in [3.8, 4) is 0 Å². The number of thiocarbonyl (C=S) groups is 1. The fourth-order valence-electron chi connectivity index (χ4n) is 1.65. The van der Waals surface area contributed by atoms with E-state index in [0.29, 0.717) is 0 Å². The fourth-order valence-corrected chi connectivity index (χ4v) is 1.98. The molecule has 96 valence electrons. The molecule has 0 heterocycles. The zero-order valence-corrected chi connectivity index (χ0v) is 11.6. The van der Waals surface area contributed by atoms with Crippen LogP contribution in [-0.4, -0.2) is 23.1 Å². The summed E-state index contributed by atoms with van der Waals surface area (Å²) in [6.45, 7) is 11.0. The van der Waals surface area contributed by atoms with Gasteiger partial charge in [0.2, 0.25) is 0 Å². The van der Waals surface area contributed by atoms with Crippen molar-refractivity contribution in [1.82, 2.24) is 10.2 Å². The first-order valence-electron chi connectivity index (χ1n) is 6.01. The number of benzene rings is 1. The molecule has 0 saturated heterocycles. The zero-order chi connectivity index (χ0) is 13.4. The second-order valence-corrected chi connectivity index (χ2v) is 4.45. The van der Waals surface area contributed by atoms with Gasteiger partial charge in [-0.3, -0.25) is 0 Å². The summed E-state index contributed by atoms with van der Waals surface area (Å²) in [5, 5.41) is 4.06. The highest BCUT2D eigenvalue weighted by Crippen LogP contribution is 2.11. The SMILES string of the molecule is C=CCN(CC=C)C(=S)NC(C)c1ccccc1. The first-order chi connectivity index (χ1) is 8.69. The molecule has 2 nitrogen and oxygen atoms in total. The summed E-state index contributed by atoms with van der Waals surface area (Å²) in [7, 11) is 0. The van der Waals surface area contributed by atoms with E-state index < -0.39 is 0 Å². The molecule has 0 fully saturated rings. The van der Waals surface area contributed by atoms with E-state index in [4.69, 9.17) is 12.2 Å². The number of hydrogen-bond acceptors (Lipinski definition) is 1. The van der Waals surface area contributed by atoms with Crippen LogP contribution in [0.2, 0.25) is 0 Å². The highest BCUT2D eigenvalue weighted by molar-refractivity contribution is 7.80. The van der Waals surface area contributed by atoms with Crippen LogP contribution in [0.5, 0.6) is 0 Å². The first-order valence-corrected chi connectivity index (χ1v) is 6.42. The molecule has 1 rings (SSSR count). The Balaban J connectivity index is 2.62. The van der Waals surface area contributed by atoms with Gasteiger partial charge in [0, 0.05) is 13.1 Å². The molecule has 1 atom stereocenters. The van der Waals surface area contributed by atoms with Crippen molar-refractivity contribution in [1.29, 1.82) is 0 Å². The number of nitrogens with zero attached hydrogens (tertiary/aromatic N) is 1. The molecule has 1 unspecified atom stereocenters. The second kappa shape index (κ2) is 7.67. The molecule has 18 heavy (non-hydrogen) atoms. The van der Waals surface area contributed by atoms with Gasteiger partial charge in [-0.05, 0) is 24.7 Å². The van der Waals surface area contributed by atoms with Crippen molar-refractivity contribution in [3.05, 3.63) is 61.2 Å². The molecule has 0 saturated carbocycles. The van der Waals surface area contributed by atoms with Crippen LogP contribution in [0, 0.1) is 0 Å². The normalized spacial score (nSPS) is 11.4. The standard InChI is InChI=1S/C15H20N2S/c1-4-11-17(12-5-2)15(18)16-13(3)14-9-7-6-8-10-14/h4-10,13H,1-2,11-12H2,3H3,(H,16,18). The van der Waals surface area contributed by atoms with Gasteiger partial charge in [0.15, 0.2) is 5.11 Å². The molecule has 0 aromatic heterocycles. The fraction of sp³-hybridized carbons (Fsp3) is 0.267. The van der Waals surface area contributed by atoms with E-state index in [0.717, 1.165) is 18.2 Å². The van der Waals surface area contributed by atoms with Crippen molar-refractivity contribution < 1.29 is 0 Å². The molecule has 3 heteroatoms. The van der Waals surface area contributed by atoms with Crippen LogP contribution in [-0.2, 0) is 0 Å². The molecule has 1 N–H and O–H groups in total. The maximum Gasteiger partial charge on any atom is 0.169 e. The van der Waals surface area contributed by atoms with Gasteiger partial charge in [0.1, 0.15) is 0 Å². The van der Waals surface area contributed by atoms with Crippen LogP contribution >= 0.6 is 12.2 Å². The lowest BCUT2D eigenvalue weighted by Gasteiger charge is -2.26. The minimum Gasteiger partial charge on any atom is -0.356 e. The Kier molecular flexibility index (Phi) is 6.15. The van der Waals surface area contributed by atoms with Gasteiger partial charge in [-0.2, -0.15) is 0 Å². The summed E-state index contributed by atoms with van der Waals surface area (Å²) >= 11 is 5.40. The van der Waals surface area contributed by atoms with E-state index in [1.54, 1.807) is 0 Å². The maximum absolute atomic E-state index is 5.40. The topological polar surface area (TPSA) is 15.3 Å². The highest BCUT2D eigenvalue weighted by Gasteiger charge is 2.10. The van der Waals surface area contributed by atoms with Gasteiger partial charge in [0.05, 0.1) is 6.04 Å². The monoisotopic (exact) mass is 260 g/mol. The lowest BCUT2D eigenvalue weighted by atomic mass is 10.1. The van der Waals surface area contributed by atoms with Gasteiger partial charge in [-0.25, -0.2) is 0 Å². The molecule has 1 aromatic carbocycles. The summed E-state index contributed by atoms with van der Waals surface area (Å²) in [5.41, 5.74) is 1.22. The van der Waals surface area contributed by atoms with Gasteiger partial charge in [-0.1, -0.05) is 42.5 Å². The Bertz CT molecular complexity index is 390. The molecule has 0 radical (unpaired) electrons. The van der Waals surface area contributed by atoms with Crippen molar-refractivity contribution in [3.63, 3.8) is 0 Å². The van der Waals surface area contributed by atoms with E-state index >= 15 is 0 Å². The van der Waals surface area contributed by atoms with Crippen LogP contribution in [0.25, 0.3) is 0 Å². The Hall–Kier alpha value is -1.61. The van der Waals surface area contributed by atoms with E-state index in [-0.39, 0.29) is 6.04 Å². The lowest BCUT2D eigenvalue weighted by molar-refractivity contribution is 0.490. The summed E-state index contributed by atoms with van der Waals surface area (Å²) in [6, 6.07) is 10.4. The van der Waals surface area contributed by atoms with E-state index in [9.17, 15) is 0 Å². The maximum atomic E-state index is 5.40. The van der Waals surface area contributed by atoms with Gasteiger partial charge in [0.25, 0.3) is 0 Å². The first kappa shape index (κ1) is 14.5. The van der Waals surface area contributed by atoms with Crippen LogP contribution in [0.3, 0.4) is 0 Å². The molecule has 0 aliphatic carbocycles. The zero-order valence-electron chi connectivity index (χ0n) is 10.8. The quantitative estimate of drug-likeness (QED) is 0.624. The third-order valence-electron chi connectivity index (χ3n) is 2.63. The van der Waals surface area contributed by atoms with Gasteiger partial charge >= 0.3 is 0 Å². The summed E-state index contributed by atoms with van der Waals surface area (Å²) in [5.74, 6) is 0. The van der Waals surface area contributed by atoms with Crippen LogP contribution < -0.4 is 5.32 Å². The average Bonchev–Trinajstić information content (AvgIpc) is 2.39. The Morgan fingerprint density at radius 2 is 1.83 bits per heavy atom.